The van der Waals surface area contributed by atoms with Crippen LogP contribution in [0.4, 0.5) is 5.69 Å². The van der Waals surface area contributed by atoms with Crippen molar-refractivity contribution in [2.24, 2.45) is 0 Å². The molecule has 0 saturated carbocycles. The molecule has 2 aromatic carbocycles. The summed E-state index contributed by atoms with van der Waals surface area (Å²) in [6, 6.07) is 15.4. The van der Waals surface area contributed by atoms with E-state index in [1.165, 1.54) is 0 Å². The Morgan fingerprint density at radius 2 is 1.83 bits per heavy atom. The van der Waals surface area contributed by atoms with Crippen molar-refractivity contribution >= 4 is 44.4 Å². The van der Waals surface area contributed by atoms with Gasteiger partial charge in [-0.15, -0.1) is 0 Å². The van der Waals surface area contributed by atoms with Crippen molar-refractivity contribution in [2.75, 3.05) is 38.0 Å². The smallest absolute Gasteiger partial charge is 0.289 e. The highest BCUT2D eigenvalue weighted by Gasteiger charge is 2.25. The molecule has 0 bridgehead atoms. The fourth-order valence-corrected chi connectivity index (χ4v) is 4.20. The fraction of sp³-hybridized carbons (Fsp3) is 0.304. The Hall–Kier alpha value is -2.64. The topological polar surface area (TPSA) is 65.8 Å². The van der Waals surface area contributed by atoms with Crippen LogP contribution in [0.3, 0.4) is 0 Å². The molecule has 1 fully saturated rings. The number of para-hydroxylation sites is 2. The van der Waals surface area contributed by atoms with Crippen LogP contribution in [0.2, 0.25) is 0 Å². The van der Waals surface area contributed by atoms with E-state index in [1.54, 1.807) is 11.0 Å². The number of piperazine rings is 1. The standard InChI is InChI=1S/C23H24BrN3O3/c1-2-16-6-3-4-9-19(16)25-21(28)15-26-10-12-27(13-11-26)23(29)20-14-17-7-5-8-18(24)22(17)30-20/h3-9,14H,2,10-13,15H2,1H3,(H,25,28). The Kier molecular flexibility index (Phi) is 6.20. The third kappa shape index (κ3) is 4.42. The summed E-state index contributed by atoms with van der Waals surface area (Å²) in [7, 11) is 0. The third-order valence-corrected chi connectivity index (χ3v) is 6.03. The number of hydrogen-bond acceptors (Lipinski definition) is 4. The van der Waals surface area contributed by atoms with E-state index in [0.717, 1.165) is 27.5 Å². The lowest BCUT2D eigenvalue weighted by Gasteiger charge is -2.33. The molecule has 7 heteroatoms. The van der Waals surface area contributed by atoms with Gasteiger partial charge in [0.25, 0.3) is 5.91 Å². The number of nitrogens with one attached hydrogen (secondary N) is 1. The Morgan fingerprint density at radius 1 is 1.07 bits per heavy atom. The summed E-state index contributed by atoms with van der Waals surface area (Å²) in [6.07, 6.45) is 0.871. The van der Waals surface area contributed by atoms with Crippen LogP contribution in [0, 0.1) is 0 Å². The minimum Gasteiger partial charge on any atom is -0.450 e. The van der Waals surface area contributed by atoms with E-state index in [2.05, 4.69) is 33.1 Å². The van der Waals surface area contributed by atoms with Crippen LogP contribution in [0.5, 0.6) is 0 Å². The van der Waals surface area contributed by atoms with E-state index in [0.29, 0.717) is 44.1 Å². The average molecular weight is 470 g/mol. The van der Waals surface area contributed by atoms with Gasteiger partial charge in [0, 0.05) is 37.3 Å². The lowest BCUT2D eigenvalue weighted by molar-refractivity contribution is -0.117. The second-order valence-corrected chi connectivity index (χ2v) is 8.25. The molecule has 0 unspecified atom stereocenters. The zero-order valence-corrected chi connectivity index (χ0v) is 18.4. The SMILES string of the molecule is CCc1ccccc1NC(=O)CN1CCN(C(=O)c2cc3cccc(Br)c3o2)CC1. The third-order valence-electron chi connectivity index (χ3n) is 5.41. The molecule has 1 saturated heterocycles. The van der Waals surface area contributed by atoms with Crippen LogP contribution in [0.25, 0.3) is 11.0 Å². The first-order valence-electron chi connectivity index (χ1n) is 10.1. The molecular formula is C23H24BrN3O3. The highest BCUT2D eigenvalue weighted by atomic mass is 79.9. The highest BCUT2D eigenvalue weighted by molar-refractivity contribution is 9.10. The van der Waals surface area contributed by atoms with Gasteiger partial charge in [0.15, 0.2) is 5.76 Å². The number of rotatable bonds is 5. The van der Waals surface area contributed by atoms with Gasteiger partial charge in [-0.05, 0) is 46.1 Å². The van der Waals surface area contributed by atoms with Crippen molar-refractivity contribution in [2.45, 2.75) is 13.3 Å². The predicted molar refractivity (Wildman–Crippen MR) is 121 cm³/mol. The maximum Gasteiger partial charge on any atom is 0.289 e. The normalized spacial score (nSPS) is 14.8. The first-order chi connectivity index (χ1) is 14.5. The number of fused-ring (bicyclic) bond motifs is 1. The summed E-state index contributed by atoms with van der Waals surface area (Å²) in [5, 5.41) is 3.91. The number of anilines is 1. The van der Waals surface area contributed by atoms with Crippen molar-refractivity contribution in [3.05, 3.63) is 64.3 Å². The summed E-state index contributed by atoms with van der Waals surface area (Å²) in [6.45, 7) is 4.82. The van der Waals surface area contributed by atoms with Crippen LogP contribution in [0.1, 0.15) is 23.0 Å². The Labute approximate surface area is 184 Å². The zero-order valence-electron chi connectivity index (χ0n) is 16.9. The number of aryl methyl sites for hydroxylation is 1. The van der Waals surface area contributed by atoms with Gasteiger partial charge in [0.1, 0.15) is 5.58 Å². The Balaban J connectivity index is 1.32. The number of carbonyl (C=O) groups is 2. The molecule has 30 heavy (non-hydrogen) atoms. The second kappa shape index (κ2) is 9.02. The number of nitrogens with zero attached hydrogens (tertiary/aromatic N) is 2. The minimum atomic E-state index is -0.112. The van der Waals surface area contributed by atoms with Gasteiger partial charge in [0.2, 0.25) is 5.91 Å². The van der Waals surface area contributed by atoms with Gasteiger partial charge in [-0.25, -0.2) is 0 Å². The van der Waals surface area contributed by atoms with Crippen LogP contribution < -0.4 is 5.32 Å². The number of carbonyl (C=O) groups excluding carboxylic acids is 2. The molecule has 3 aromatic rings. The minimum absolute atomic E-state index is 0.0298. The van der Waals surface area contributed by atoms with Crippen LogP contribution in [-0.4, -0.2) is 54.3 Å². The van der Waals surface area contributed by atoms with E-state index in [1.807, 2.05) is 42.5 Å². The number of hydrogen-bond donors (Lipinski definition) is 1. The maximum absolute atomic E-state index is 12.8. The van der Waals surface area contributed by atoms with Gasteiger partial charge in [-0.3, -0.25) is 14.5 Å². The van der Waals surface area contributed by atoms with Gasteiger partial charge in [-0.1, -0.05) is 37.3 Å². The number of benzene rings is 2. The van der Waals surface area contributed by atoms with Crippen molar-refractivity contribution in [3.63, 3.8) is 0 Å². The van der Waals surface area contributed by atoms with Crippen molar-refractivity contribution < 1.29 is 14.0 Å². The largest absolute Gasteiger partial charge is 0.450 e. The van der Waals surface area contributed by atoms with E-state index < -0.39 is 0 Å². The molecule has 2 amide bonds. The molecular weight excluding hydrogens is 446 g/mol. The van der Waals surface area contributed by atoms with Crippen LogP contribution in [0.15, 0.2) is 57.4 Å². The molecule has 1 aliphatic rings. The van der Waals surface area contributed by atoms with Crippen molar-refractivity contribution in [1.29, 1.82) is 0 Å². The summed E-state index contributed by atoms with van der Waals surface area (Å²) < 4.78 is 6.61. The van der Waals surface area contributed by atoms with E-state index in [4.69, 9.17) is 4.42 Å². The summed E-state index contributed by atoms with van der Waals surface area (Å²) in [5.74, 6) is 0.205. The molecule has 0 radical (unpaired) electrons. The second-order valence-electron chi connectivity index (χ2n) is 7.40. The highest BCUT2D eigenvalue weighted by Crippen LogP contribution is 2.27. The fourth-order valence-electron chi connectivity index (χ4n) is 3.74. The van der Waals surface area contributed by atoms with Crippen LogP contribution in [-0.2, 0) is 11.2 Å². The molecule has 1 aromatic heterocycles. The monoisotopic (exact) mass is 469 g/mol. The Bertz CT molecular complexity index is 1070. The molecule has 6 nitrogen and oxygen atoms in total. The average Bonchev–Trinajstić information content (AvgIpc) is 3.20. The predicted octanol–water partition coefficient (Wildman–Crippen LogP) is 4.15. The Morgan fingerprint density at radius 3 is 2.57 bits per heavy atom. The first kappa shape index (κ1) is 20.6. The van der Waals surface area contributed by atoms with Gasteiger partial charge < -0.3 is 14.6 Å². The maximum atomic E-state index is 12.8. The quantitative estimate of drug-likeness (QED) is 0.609. The summed E-state index contributed by atoms with van der Waals surface area (Å²) in [4.78, 5) is 29.2. The van der Waals surface area contributed by atoms with Gasteiger partial charge in [0.05, 0.1) is 11.0 Å². The molecule has 1 N–H and O–H groups in total. The molecule has 0 atom stereocenters. The molecule has 156 valence electrons. The molecule has 4 rings (SSSR count). The molecule has 2 heterocycles. The lowest BCUT2D eigenvalue weighted by Crippen LogP contribution is -2.50. The van der Waals surface area contributed by atoms with Gasteiger partial charge in [-0.2, -0.15) is 0 Å². The lowest BCUT2D eigenvalue weighted by atomic mass is 10.1. The van der Waals surface area contributed by atoms with Gasteiger partial charge >= 0.3 is 0 Å². The van der Waals surface area contributed by atoms with Crippen LogP contribution >= 0.6 is 15.9 Å². The molecule has 0 spiro atoms. The van der Waals surface area contributed by atoms with Crippen molar-refractivity contribution in [1.82, 2.24) is 9.80 Å². The number of furan rings is 1. The summed E-state index contributed by atoms with van der Waals surface area (Å²) >= 11 is 3.46. The molecule has 1 aliphatic heterocycles. The summed E-state index contributed by atoms with van der Waals surface area (Å²) in [5.41, 5.74) is 2.68. The van der Waals surface area contributed by atoms with E-state index in [9.17, 15) is 9.59 Å². The van der Waals surface area contributed by atoms with E-state index in [-0.39, 0.29) is 11.8 Å². The van der Waals surface area contributed by atoms with E-state index >= 15 is 0 Å². The first-order valence-corrected chi connectivity index (χ1v) is 10.9. The number of halogens is 1. The molecule has 0 aliphatic carbocycles. The van der Waals surface area contributed by atoms with Crippen molar-refractivity contribution in [3.8, 4) is 0 Å². The zero-order chi connectivity index (χ0) is 21.1. The number of amides is 2.